The Morgan fingerprint density at radius 1 is 0.958 bits per heavy atom. The lowest BCUT2D eigenvalue weighted by Crippen LogP contribution is -2.05. The molecule has 0 radical (unpaired) electrons. The molecule has 0 amide bonds. The molecule has 3 aromatic carbocycles. The van der Waals surface area contributed by atoms with Crippen LogP contribution >= 0.6 is 0 Å². The summed E-state index contributed by atoms with van der Waals surface area (Å²) in [6.07, 6.45) is 0.812. The van der Waals surface area contributed by atoms with Crippen LogP contribution in [0, 0.1) is 6.92 Å². The molecular weight excluding hydrogens is 300 g/mol. The smallest absolute Gasteiger partial charge is 0.337 e. The molecule has 0 N–H and O–H groups in total. The second-order valence-electron chi connectivity index (χ2n) is 5.75. The van der Waals surface area contributed by atoms with E-state index in [0.717, 1.165) is 17.7 Å². The number of ether oxygens (including phenoxy) is 2. The average Bonchev–Trinajstić information content (AvgIpc) is 2.62. The third-order valence-corrected chi connectivity index (χ3v) is 4.07. The molecule has 0 aliphatic heterocycles. The van der Waals surface area contributed by atoms with Crippen LogP contribution in [-0.2, 0) is 11.2 Å². The number of hydrogen-bond acceptors (Lipinski definition) is 3. The van der Waals surface area contributed by atoms with Gasteiger partial charge in [-0.1, -0.05) is 48.5 Å². The first-order valence-electron chi connectivity index (χ1n) is 7.97. The average molecular weight is 320 g/mol. The van der Waals surface area contributed by atoms with Gasteiger partial charge in [-0.05, 0) is 41.0 Å². The van der Waals surface area contributed by atoms with E-state index in [4.69, 9.17) is 9.47 Å². The van der Waals surface area contributed by atoms with Gasteiger partial charge in [0.15, 0.2) is 0 Å². The maximum atomic E-state index is 11.6. The highest BCUT2D eigenvalue weighted by atomic mass is 16.5. The van der Waals surface area contributed by atoms with E-state index in [2.05, 4.69) is 30.3 Å². The van der Waals surface area contributed by atoms with E-state index in [0.29, 0.717) is 12.2 Å². The summed E-state index contributed by atoms with van der Waals surface area (Å²) in [5.74, 6) is 0.369. The van der Waals surface area contributed by atoms with E-state index < -0.39 is 0 Å². The van der Waals surface area contributed by atoms with Gasteiger partial charge in [0.1, 0.15) is 5.75 Å². The number of aryl methyl sites for hydroxylation is 1. The molecule has 0 fully saturated rings. The molecule has 3 aromatic rings. The first-order chi connectivity index (χ1) is 11.7. The summed E-state index contributed by atoms with van der Waals surface area (Å²) in [7, 11) is 1.38. The van der Waals surface area contributed by atoms with Crippen molar-refractivity contribution in [3.63, 3.8) is 0 Å². The zero-order chi connectivity index (χ0) is 16.9. The predicted octanol–water partition coefficient (Wildman–Crippen LogP) is 4.56. The summed E-state index contributed by atoms with van der Waals surface area (Å²) in [4.78, 5) is 11.6. The van der Waals surface area contributed by atoms with Crippen molar-refractivity contribution in [1.29, 1.82) is 0 Å². The Bertz CT molecular complexity index is 868. The fourth-order valence-electron chi connectivity index (χ4n) is 2.67. The van der Waals surface area contributed by atoms with E-state index in [1.807, 2.05) is 25.1 Å². The molecule has 3 rings (SSSR count). The zero-order valence-corrected chi connectivity index (χ0v) is 13.9. The second-order valence-corrected chi connectivity index (χ2v) is 5.75. The molecule has 0 saturated carbocycles. The van der Waals surface area contributed by atoms with Crippen molar-refractivity contribution in [2.45, 2.75) is 13.3 Å². The molecule has 0 spiro atoms. The lowest BCUT2D eigenvalue weighted by atomic mass is 10.1. The molecule has 0 heterocycles. The maximum absolute atomic E-state index is 11.6. The number of esters is 1. The van der Waals surface area contributed by atoms with Crippen LogP contribution in [0.15, 0.2) is 60.7 Å². The summed E-state index contributed by atoms with van der Waals surface area (Å²) in [5, 5.41) is 2.47. The third-order valence-electron chi connectivity index (χ3n) is 4.07. The Morgan fingerprint density at radius 3 is 2.54 bits per heavy atom. The van der Waals surface area contributed by atoms with Gasteiger partial charge < -0.3 is 9.47 Å². The van der Waals surface area contributed by atoms with E-state index >= 15 is 0 Å². The van der Waals surface area contributed by atoms with Crippen molar-refractivity contribution in [3.8, 4) is 5.75 Å². The highest BCUT2D eigenvalue weighted by Gasteiger charge is 2.09. The van der Waals surface area contributed by atoms with Gasteiger partial charge in [-0.15, -0.1) is 0 Å². The van der Waals surface area contributed by atoms with Crippen LogP contribution in [-0.4, -0.2) is 19.7 Å². The Hall–Kier alpha value is -2.81. The Labute approximate surface area is 141 Å². The Morgan fingerprint density at radius 2 is 1.75 bits per heavy atom. The first kappa shape index (κ1) is 16.1. The van der Waals surface area contributed by atoms with Gasteiger partial charge in [0.2, 0.25) is 0 Å². The molecule has 3 heteroatoms. The molecular formula is C21H20O3. The van der Waals surface area contributed by atoms with Crippen LogP contribution in [0.25, 0.3) is 10.8 Å². The summed E-state index contributed by atoms with van der Waals surface area (Å²) in [5.41, 5.74) is 2.74. The number of carbonyl (C=O) groups is 1. The minimum absolute atomic E-state index is 0.352. The van der Waals surface area contributed by atoms with E-state index in [-0.39, 0.29) is 5.97 Å². The Kier molecular flexibility index (Phi) is 4.80. The lowest BCUT2D eigenvalue weighted by molar-refractivity contribution is 0.0600. The molecule has 24 heavy (non-hydrogen) atoms. The van der Waals surface area contributed by atoms with Crippen molar-refractivity contribution in [2.24, 2.45) is 0 Å². The number of carbonyl (C=O) groups excluding carboxylic acids is 1. The fraction of sp³-hybridized carbons (Fsp3) is 0.190. The third kappa shape index (κ3) is 3.57. The highest BCUT2D eigenvalue weighted by molar-refractivity contribution is 5.89. The number of hydrogen-bond donors (Lipinski definition) is 0. The van der Waals surface area contributed by atoms with Crippen LogP contribution in [0.5, 0.6) is 5.75 Å². The summed E-state index contributed by atoms with van der Waals surface area (Å²) < 4.78 is 10.6. The molecule has 0 aliphatic rings. The van der Waals surface area contributed by atoms with Gasteiger partial charge in [-0.3, -0.25) is 0 Å². The lowest BCUT2D eigenvalue weighted by Gasteiger charge is -2.11. The minimum atomic E-state index is -0.352. The zero-order valence-electron chi connectivity index (χ0n) is 13.9. The van der Waals surface area contributed by atoms with E-state index in [1.165, 1.54) is 23.4 Å². The second kappa shape index (κ2) is 7.18. The summed E-state index contributed by atoms with van der Waals surface area (Å²) >= 11 is 0. The van der Waals surface area contributed by atoms with Crippen molar-refractivity contribution in [2.75, 3.05) is 13.7 Å². The van der Waals surface area contributed by atoms with Crippen molar-refractivity contribution in [3.05, 3.63) is 77.4 Å². The predicted molar refractivity (Wildman–Crippen MR) is 95.7 cm³/mol. The Balaban J connectivity index is 1.68. The van der Waals surface area contributed by atoms with Crippen molar-refractivity contribution >= 4 is 16.7 Å². The molecule has 3 nitrogen and oxygen atoms in total. The van der Waals surface area contributed by atoms with Gasteiger partial charge in [-0.2, -0.15) is 0 Å². The fourth-order valence-corrected chi connectivity index (χ4v) is 2.67. The van der Waals surface area contributed by atoms with Crippen LogP contribution in [0.2, 0.25) is 0 Å². The molecule has 0 unspecified atom stereocenters. The van der Waals surface area contributed by atoms with Gasteiger partial charge in [0, 0.05) is 6.42 Å². The molecule has 0 aromatic heterocycles. The molecule has 0 aliphatic carbocycles. The van der Waals surface area contributed by atoms with Crippen LogP contribution in [0.3, 0.4) is 0 Å². The van der Waals surface area contributed by atoms with Crippen LogP contribution < -0.4 is 4.74 Å². The van der Waals surface area contributed by atoms with Crippen LogP contribution in [0.4, 0.5) is 0 Å². The quantitative estimate of drug-likeness (QED) is 0.647. The van der Waals surface area contributed by atoms with Crippen molar-refractivity contribution in [1.82, 2.24) is 0 Å². The van der Waals surface area contributed by atoms with Crippen LogP contribution in [0.1, 0.15) is 21.5 Å². The SMILES string of the molecule is COC(=O)c1ccc(C)c(OCCc2ccc3ccccc3c2)c1. The van der Waals surface area contributed by atoms with Gasteiger partial charge >= 0.3 is 5.97 Å². The highest BCUT2D eigenvalue weighted by Crippen LogP contribution is 2.21. The van der Waals surface area contributed by atoms with Crippen molar-refractivity contribution < 1.29 is 14.3 Å². The molecule has 122 valence electrons. The monoisotopic (exact) mass is 320 g/mol. The maximum Gasteiger partial charge on any atom is 0.337 e. The first-order valence-corrected chi connectivity index (χ1v) is 7.97. The number of fused-ring (bicyclic) bond motifs is 1. The number of benzene rings is 3. The topological polar surface area (TPSA) is 35.5 Å². The van der Waals surface area contributed by atoms with E-state index in [1.54, 1.807) is 12.1 Å². The largest absolute Gasteiger partial charge is 0.493 e. The number of methoxy groups -OCH3 is 1. The minimum Gasteiger partial charge on any atom is -0.493 e. The molecule has 0 atom stereocenters. The summed E-state index contributed by atoms with van der Waals surface area (Å²) in [6, 6.07) is 20.1. The number of rotatable bonds is 5. The van der Waals surface area contributed by atoms with E-state index in [9.17, 15) is 4.79 Å². The van der Waals surface area contributed by atoms with Gasteiger partial charge in [-0.25, -0.2) is 4.79 Å². The summed E-state index contributed by atoms with van der Waals surface area (Å²) in [6.45, 7) is 2.52. The molecule has 0 bridgehead atoms. The normalized spacial score (nSPS) is 10.6. The van der Waals surface area contributed by atoms with Gasteiger partial charge in [0.25, 0.3) is 0 Å². The standard InChI is InChI=1S/C21H20O3/c1-15-7-9-19(21(22)23-2)14-20(15)24-12-11-16-8-10-17-5-3-4-6-18(17)13-16/h3-10,13-14H,11-12H2,1-2H3. The molecule has 0 saturated heterocycles. The van der Waals surface area contributed by atoms with Gasteiger partial charge in [0.05, 0.1) is 19.3 Å².